The van der Waals surface area contributed by atoms with Gasteiger partial charge >= 0.3 is 0 Å². The summed E-state index contributed by atoms with van der Waals surface area (Å²) < 4.78 is 2.16. The predicted octanol–water partition coefficient (Wildman–Crippen LogP) is 5.27. The molecule has 4 heterocycles. The van der Waals surface area contributed by atoms with Crippen molar-refractivity contribution >= 4 is 51.7 Å². The lowest BCUT2D eigenvalue weighted by Gasteiger charge is -2.36. The van der Waals surface area contributed by atoms with Crippen molar-refractivity contribution in [3.05, 3.63) is 44.7 Å². The fourth-order valence-electron chi connectivity index (χ4n) is 5.02. The number of pyridine rings is 1. The van der Waals surface area contributed by atoms with Crippen molar-refractivity contribution < 1.29 is 4.79 Å². The van der Waals surface area contributed by atoms with Crippen molar-refractivity contribution in [3.63, 3.8) is 0 Å². The molecule has 0 aromatic carbocycles. The average molecular weight is 499 g/mol. The molecule has 2 aromatic heterocycles. The molecule has 2 atom stereocenters. The molecular weight excluding hydrogens is 464 g/mol. The van der Waals surface area contributed by atoms with Gasteiger partial charge in [0.1, 0.15) is 15.8 Å². The first kappa shape index (κ1) is 24.9. The van der Waals surface area contributed by atoms with Gasteiger partial charge < -0.3 is 4.90 Å². The third-order valence-electron chi connectivity index (χ3n) is 6.62. The molecule has 2 saturated heterocycles. The lowest BCUT2D eigenvalue weighted by atomic mass is 9.91. The molecule has 0 bridgehead atoms. The summed E-state index contributed by atoms with van der Waals surface area (Å²) in [7, 11) is 0. The fourth-order valence-corrected chi connectivity index (χ4v) is 6.31. The molecule has 0 spiro atoms. The maximum Gasteiger partial charge on any atom is 0.267 e. The van der Waals surface area contributed by atoms with E-state index in [1.54, 1.807) is 21.6 Å². The quantitative estimate of drug-likeness (QED) is 0.295. The molecule has 6 nitrogen and oxygen atoms in total. The molecule has 2 fully saturated rings. The number of nitrogens with zero attached hydrogens (tertiary/aromatic N) is 4. The Hall–Kier alpha value is -2.19. The van der Waals surface area contributed by atoms with Gasteiger partial charge in [0.05, 0.1) is 10.5 Å². The van der Waals surface area contributed by atoms with Crippen molar-refractivity contribution in [2.45, 2.75) is 59.8 Å². The van der Waals surface area contributed by atoms with Crippen LogP contribution >= 0.6 is 24.0 Å². The monoisotopic (exact) mass is 498 g/mol. The van der Waals surface area contributed by atoms with Gasteiger partial charge in [-0.15, -0.1) is 0 Å². The summed E-state index contributed by atoms with van der Waals surface area (Å²) in [6.45, 7) is 10.9. The number of aryl methyl sites for hydroxylation is 1. The third-order valence-corrected chi connectivity index (χ3v) is 7.99. The van der Waals surface area contributed by atoms with E-state index in [2.05, 4.69) is 25.7 Å². The van der Waals surface area contributed by atoms with Crippen molar-refractivity contribution in [2.75, 3.05) is 24.5 Å². The van der Waals surface area contributed by atoms with Crippen LogP contribution in [0.5, 0.6) is 0 Å². The summed E-state index contributed by atoms with van der Waals surface area (Å²) in [5.74, 6) is 1.59. The van der Waals surface area contributed by atoms with Gasteiger partial charge in [0, 0.05) is 25.8 Å². The van der Waals surface area contributed by atoms with E-state index in [1.165, 1.54) is 11.8 Å². The van der Waals surface area contributed by atoms with E-state index < -0.39 is 0 Å². The number of fused-ring (bicyclic) bond motifs is 1. The number of amides is 1. The van der Waals surface area contributed by atoms with Gasteiger partial charge in [-0.05, 0) is 49.3 Å². The Balaban J connectivity index is 1.76. The molecule has 0 saturated carbocycles. The van der Waals surface area contributed by atoms with Gasteiger partial charge in [-0.3, -0.25) is 18.9 Å². The number of thioether (sulfide) groups is 1. The normalized spacial score (nSPS) is 22.4. The number of carbonyl (C=O) groups excluding carboxylic acids is 1. The molecule has 1 amide bonds. The van der Waals surface area contributed by atoms with E-state index in [4.69, 9.17) is 17.2 Å². The van der Waals surface area contributed by atoms with Crippen LogP contribution in [0.4, 0.5) is 5.82 Å². The van der Waals surface area contributed by atoms with Crippen LogP contribution in [0.25, 0.3) is 11.7 Å². The van der Waals surface area contributed by atoms with Crippen LogP contribution in [0.2, 0.25) is 0 Å². The smallest absolute Gasteiger partial charge is 0.267 e. The second-order valence-corrected chi connectivity index (χ2v) is 11.5. The highest BCUT2D eigenvalue weighted by Crippen LogP contribution is 2.35. The van der Waals surface area contributed by atoms with Gasteiger partial charge in [0.25, 0.3) is 11.5 Å². The van der Waals surface area contributed by atoms with E-state index in [1.807, 2.05) is 19.1 Å². The van der Waals surface area contributed by atoms with Gasteiger partial charge in [-0.25, -0.2) is 4.98 Å². The first-order chi connectivity index (χ1) is 16.3. The summed E-state index contributed by atoms with van der Waals surface area (Å²) in [6, 6.07) is 3.83. The minimum Gasteiger partial charge on any atom is -0.355 e. The van der Waals surface area contributed by atoms with Gasteiger partial charge in [0.2, 0.25) is 0 Å². The van der Waals surface area contributed by atoms with Crippen LogP contribution in [0.1, 0.15) is 64.0 Å². The van der Waals surface area contributed by atoms with Gasteiger partial charge in [0.15, 0.2) is 0 Å². The molecule has 34 heavy (non-hydrogen) atoms. The largest absolute Gasteiger partial charge is 0.355 e. The number of rotatable bonds is 7. The van der Waals surface area contributed by atoms with E-state index in [0.717, 1.165) is 50.8 Å². The highest BCUT2D eigenvalue weighted by atomic mass is 32.2. The van der Waals surface area contributed by atoms with Crippen LogP contribution < -0.4 is 10.5 Å². The lowest BCUT2D eigenvalue weighted by molar-refractivity contribution is -0.122. The zero-order chi connectivity index (χ0) is 24.4. The second-order valence-electron chi connectivity index (χ2n) is 9.78. The molecule has 0 aliphatic carbocycles. The first-order valence-electron chi connectivity index (χ1n) is 12.3. The molecule has 2 aliphatic heterocycles. The zero-order valence-corrected chi connectivity index (χ0v) is 22.2. The maximum absolute atomic E-state index is 13.7. The molecule has 0 radical (unpaired) electrons. The lowest BCUT2D eigenvalue weighted by Crippen LogP contribution is -2.40. The molecule has 0 unspecified atom stereocenters. The third kappa shape index (κ3) is 5.08. The summed E-state index contributed by atoms with van der Waals surface area (Å²) in [6.07, 6.45) is 8.95. The molecule has 2 aliphatic rings. The van der Waals surface area contributed by atoms with Crippen molar-refractivity contribution in [3.8, 4) is 0 Å². The number of hydrogen-bond donors (Lipinski definition) is 0. The Kier molecular flexibility index (Phi) is 7.77. The minimum atomic E-state index is -0.150. The van der Waals surface area contributed by atoms with Crippen molar-refractivity contribution in [2.24, 2.45) is 11.8 Å². The summed E-state index contributed by atoms with van der Waals surface area (Å²) >= 11 is 6.81. The summed E-state index contributed by atoms with van der Waals surface area (Å²) in [5.41, 5.74) is 1.93. The maximum atomic E-state index is 13.7. The van der Waals surface area contributed by atoms with Crippen molar-refractivity contribution in [1.29, 1.82) is 0 Å². The van der Waals surface area contributed by atoms with Crippen LogP contribution in [0.15, 0.2) is 28.0 Å². The highest BCUT2D eigenvalue weighted by Gasteiger charge is 2.33. The van der Waals surface area contributed by atoms with E-state index in [0.29, 0.717) is 44.6 Å². The standard InChI is InChI=1S/C26H34N4O2S2/c1-5-6-7-8-11-30-25(32)21(34-26(30)33)14-20-23(28-15-17(2)13-18(3)16-28)27-22-19(4)10-9-12-29(22)24(20)31/h9-10,12,14,17-18H,5-8,11,13,15-16H2,1-4H3/b21-14-/t17-,18-/m0/s1. The Morgan fingerprint density at radius 3 is 2.62 bits per heavy atom. The van der Waals surface area contributed by atoms with Gasteiger partial charge in [-0.1, -0.05) is 70.1 Å². The van der Waals surface area contributed by atoms with Crippen LogP contribution in [0.3, 0.4) is 0 Å². The first-order valence-corrected chi connectivity index (χ1v) is 13.5. The van der Waals surface area contributed by atoms with Crippen LogP contribution in [0, 0.1) is 18.8 Å². The van der Waals surface area contributed by atoms with E-state index in [9.17, 15) is 9.59 Å². The molecular formula is C26H34N4O2S2. The highest BCUT2D eigenvalue weighted by molar-refractivity contribution is 8.26. The number of unbranched alkanes of at least 4 members (excludes halogenated alkanes) is 3. The average Bonchev–Trinajstić information content (AvgIpc) is 3.05. The topological polar surface area (TPSA) is 57.9 Å². The Morgan fingerprint density at radius 1 is 1.18 bits per heavy atom. The Labute approximate surface area is 211 Å². The number of piperidine rings is 1. The van der Waals surface area contributed by atoms with Crippen LogP contribution in [-0.2, 0) is 4.79 Å². The Morgan fingerprint density at radius 2 is 1.91 bits per heavy atom. The minimum absolute atomic E-state index is 0.105. The number of thiocarbonyl (C=S) groups is 1. The predicted molar refractivity (Wildman–Crippen MR) is 145 cm³/mol. The van der Waals surface area contributed by atoms with Gasteiger partial charge in [-0.2, -0.15) is 0 Å². The van der Waals surface area contributed by atoms with E-state index >= 15 is 0 Å². The number of aromatic nitrogens is 2. The molecule has 4 rings (SSSR count). The molecule has 8 heteroatoms. The van der Waals surface area contributed by atoms with Crippen molar-refractivity contribution in [1.82, 2.24) is 14.3 Å². The SMILES string of the molecule is CCCCCCN1C(=O)/C(=C/c2c(N3C[C@@H](C)C[C@H](C)C3)nc3c(C)cccn3c2=O)SC1=S. The number of carbonyl (C=O) groups is 1. The number of anilines is 1. The zero-order valence-electron chi connectivity index (χ0n) is 20.5. The molecule has 182 valence electrons. The van der Waals surface area contributed by atoms with E-state index in [-0.39, 0.29) is 11.5 Å². The summed E-state index contributed by atoms with van der Waals surface area (Å²) in [4.78, 5) is 36.3. The summed E-state index contributed by atoms with van der Waals surface area (Å²) in [5, 5.41) is 0. The molecule has 0 N–H and O–H groups in total. The second kappa shape index (κ2) is 10.6. The fraction of sp³-hybridized carbons (Fsp3) is 0.538. The van der Waals surface area contributed by atoms with Crippen LogP contribution in [-0.4, -0.2) is 44.1 Å². The Bertz CT molecular complexity index is 1180. The number of hydrogen-bond acceptors (Lipinski definition) is 6. The molecule has 2 aromatic rings.